The largest absolute Gasteiger partial charge is 0.337 e. The SMILES string of the molecule is c1csc(-c2cccc3[nH]c(-c4n[nH]c5cnc(-c6cncnc6)cc45)nc23)c1. The summed E-state index contributed by atoms with van der Waals surface area (Å²) in [5.41, 5.74) is 6.28. The van der Waals surface area contributed by atoms with Crippen LogP contribution in [-0.4, -0.2) is 35.1 Å². The summed E-state index contributed by atoms with van der Waals surface area (Å²) in [6, 6.07) is 12.3. The Bertz CT molecular complexity index is 1450. The van der Waals surface area contributed by atoms with Crippen molar-refractivity contribution in [2.24, 2.45) is 0 Å². The summed E-state index contributed by atoms with van der Waals surface area (Å²) in [7, 11) is 0. The highest BCUT2D eigenvalue weighted by Crippen LogP contribution is 2.33. The maximum Gasteiger partial charge on any atom is 0.159 e. The number of nitrogens with zero attached hydrogens (tertiary/aromatic N) is 5. The van der Waals surface area contributed by atoms with Crippen LogP contribution >= 0.6 is 11.3 Å². The zero-order valence-corrected chi connectivity index (χ0v) is 15.8. The molecule has 0 fully saturated rings. The molecule has 0 saturated heterocycles. The molecule has 0 bridgehead atoms. The van der Waals surface area contributed by atoms with E-state index in [1.165, 1.54) is 11.2 Å². The molecular formula is C21H13N7S. The second-order valence-corrected chi connectivity index (χ2v) is 7.53. The number of hydrogen-bond acceptors (Lipinski definition) is 6. The monoisotopic (exact) mass is 395 g/mol. The van der Waals surface area contributed by atoms with E-state index in [-0.39, 0.29) is 0 Å². The first-order valence-electron chi connectivity index (χ1n) is 8.99. The molecule has 7 nitrogen and oxygen atoms in total. The van der Waals surface area contributed by atoms with Crippen molar-refractivity contribution in [2.75, 3.05) is 0 Å². The quantitative estimate of drug-likeness (QED) is 0.453. The van der Waals surface area contributed by atoms with Crippen molar-refractivity contribution < 1.29 is 0 Å². The van der Waals surface area contributed by atoms with Crippen LogP contribution in [0.15, 0.2) is 66.7 Å². The highest BCUT2D eigenvalue weighted by molar-refractivity contribution is 7.13. The molecule has 0 amide bonds. The summed E-state index contributed by atoms with van der Waals surface area (Å²) in [6.07, 6.45) is 6.77. The minimum atomic E-state index is 0.719. The maximum absolute atomic E-state index is 4.89. The van der Waals surface area contributed by atoms with Gasteiger partial charge in [-0.2, -0.15) is 5.10 Å². The number of thiophene rings is 1. The third-order valence-electron chi connectivity index (χ3n) is 4.83. The summed E-state index contributed by atoms with van der Waals surface area (Å²) in [5.74, 6) is 0.719. The number of hydrogen-bond donors (Lipinski definition) is 2. The Kier molecular flexibility index (Phi) is 3.50. The first-order valence-corrected chi connectivity index (χ1v) is 9.87. The van der Waals surface area contributed by atoms with Gasteiger partial charge in [0.25, 0.3) is 0 Å². The molecule has 8 heteroatoms. The Morgan fingerprint density at radius 1 is 0.931 bits per heavy atom. The van der Waals surface area contributed by atoms with Gasteiger partial charge in [-0.25, -0.2) is 15.0 Å². The van der Waals surface area contributed by atoms with Gasteiger partial charge in [-0.1, -0.05) is 18.2 Å². The van der Waals surface area contributed by atoms with E-state index in [1.807, 2.05) is 18.2 Å². The van der Waals surface area contributed by atoms with Crippen LogP contribution in [0.25, 0.3) is 55.2 Å². The van der Waals surface area contributed by atoms with Gasteiger partial charge in [0.05, 0.1) is 28.4 Å². The van der Waals surface area contributed by atoms with Crippen LogP contribution in [0.1, 0.15) is 0 Å². The Hall–Kier alpha value is -3.91. The molecular weight excluding hydrogens is 382 g/mol. The standard InChI is InChI=1S/C21H13N7S/c1-3-13(18-5-2-6-29-18)19-15(4-1)25-21(26-19)20-14-7-16(12-8-22-11-23-9-12)24-10-17(14)27-28-20/h1-11H,(H,25,26)(H,27,28). The van der Waals surface area contributed by atoms with Gasteiger partial charge < -0.3 is 4.98 Å². The van der Waals surface area contributed by atoms with E-state index in [0.29, 0.717) is 0 Å². The van der Waals surface area contributed by atoms with Gasteiger partial charge in [-0.15, -0.1) is 11.3 Å². The average molecular weight is 395 g/mol. The Labute approximate surface area is 168 Å². The molecule has 1 aromatic carbocycles. The first-order chi connectivity index (χ1) is 14.4. The number of imidazole rings is 1. The highest BCUT2D eigenvalue weighted by Gasteiger charge is 2.16. The Balaban J connectivity index is 1.53. The number of rotatable bonds is 3. The van der Waals surface area contributed by atoms with Crippen molar-refractivity contribution in [3.63, 3.8) is 0 Å². The van der Waals surface area contributed by atoms with Crippen LogP contribution in [0.3, 0.4) is 0 Å². The first kappa shape index (κ1) is 16.1. The second kappa shape index (κ2) is 6.32. The van der Waals surface area contributed by atoms with Gasteiger partial charge in [-0.05, 0) is 23.6 Å². The summed E-state index contributed by atoms with van der Waals surface area (Å²) in [6.45, 7) is 0. The van der Waals surface area contributed by atoms with E-state index in [9.17, 15) is 0 Å². The van der Waals surface area contributed by atoms with E-state index in [1.54, 1.807) is 29.9 Å². The molecule has 6 rings (SSSR count). The van der Waals surface area contributed by atoms with E-state index in [4.69, 9.17) is 4.98 Å². The smallest absolute Gasteiger partial charge is 0.159 e. The van der Waals surface area contributed by atoms with Crippen molar-refractivity contribution in [3.8, 4) is 33.2 Å². The minimum absolute atomic E-state index is 0.719. The van der Waals surface area contributed by atoms with Gasteiger partial charge >= 0.3 is 0 Å². The highest BCUT2D eigenvalue weighted by atomic mass is 32.1. The molecule has 138 valence electrons. The molecule has 0 aliphatic carbocycles. The van der Waals surface area contributed by atoms with Crippen LogP contribution in [0.5, 0.6) is 0 Å². The number of aromatic nitrogens is 7. The van der Waals surface area contributed by atoms with Gasteiger partial charge in [-0.3, -0.25) is 10.1 Å². The van der Waals surface area contributed by atoms with Crippen molar-refractivity contribution in [1.29, 1.82) is 0 Å². The van der Waals surface area contributed by atoms with Crippen LogP contribution in [0, 0.1) is 0 Å². The molecule has 5 aromatic heterocycles. The molecule has 5 heterocycles. The third-order valence-corrected chi connectivity index (χ3v) is 5.73. The molecule has 0 radical (unpaired) electrons. The molecule has 0 aliphatic heterocycles. The van der Waals surface area contributed by atoms with Gasteiger partial charge in [0.1, 0.15) is 12.0 Å². The molecule has 0 unspecified atom stereocenters. The van der Waals surface area contributed by atoms with Crippen LogP contribution < -0.4 is 0 Å². The van der Waals surface area contributed by atoms with E-state index in [2.05, 4.69) is 53.7 Å². The predicted octanol–water partition coefficient (Wildman–Crippen LogP) is 4.69. The summed E-state index contributed by atoms with van der Waals surface area (Å²) >= 11 is 1.70. The zero-order chi connectivity index (χ0) is 19.2. The van der Waals surface area contributed by atoms with Crippen LogP contribution in [0.4, 0.5) is 0 Å². The number of benzene rings is 1. The normalized spacial score (nSPS) is 11.4. The lowest BCUT2D eigenvalue weighted by Gasteiger charge is -2.00. The average Bonchev–Trinajstić information content (AvgIpc) is 3.52. The minimum Gasteiger partial charge on any atom is -0.337 e. The molecule has 29 heavy (non-hydrogen) atoms. The number of pyridine rings is 1. The molecule has 6 aromatic rings. The van der Waals surface area contributed by atoms with Gasteiger partial charge in [0, 0.05) is 33.8 Å². The number of fused-ring (bicyclic) bond motifs is 2. The maximum atomic E-state index is 4.89. The van der Waals surface area contributed by atoms with Gasteiger partial charge in [0.15, 0.2) is 5.82 Å². The van der Waals surface area contributed by atoms with E-state index < -0.39 is 0 Å². The molecule has 0 aliphatic rings. The number of para-hydroxylation sites is 1. The Morgan fingerprint density at radius 3 is 2.72 bits per heavy atom. The second-order valence-electron chi connectivity index (χ2n) is 6.58. The van der Waals surface area contributed by atoms with Crippen molar-refractivity contribution in [3.05, 3.63) is 66.7 Å². The number of H-pyrrole nitrogens is 2. The molecule has 2 N–H and O–H groups in total. The molecule has 0 saturated carbocycles. The fourth-order valence-electron chi connectivity index (χ4n) is 3.46. The van der Waals surface area contributed by atoms with Gasteiger partial charge in [0.2, 0.25) is 0 Å². The predicted molar refractivity (Wildman–Crippen MR) is 113 cm³/mol. The topological polar surface area (TPSA) is 96.0 Å². The van der Waals surface area contributed by atoms with E-state index in [0.717, 1.165) is 50.3 Å². The number of nitrogens with one attached hydrogen (secondary N) is 2. The fourth-order valence-corrected chi connectivity index (χ4v) is 4.21. The van der Waals surface area contributed by atoms with E-state index >= 15 is 0 Å². The Morgan fingerprint density at radius 2 is 1.86 bits per heavy atom. The zero-order valence-electron chi connectivity index (χ0n) is 15.0. The molecule has 0 atom stereocenters. The van der Waals surface area contributed by atoms with Crippen LogP contribution in [-0.2, 0) is 0 Å². The fraction of sp³-hybridized carbons (Fsp3) is 0. The van der Waals surface area contributed by atoms with Crippen molar-refractivity contribution in [2.45, 2.75) is 0 Å². The summed E-state index contributed by atoms with van der Waals surface area (Å²) < 4.78 is 0. The van der Waals surface area contributed by atoms with Crippen molar-refractivity contribution in [1.82, 2.24) is 35.1 Å². The molecule has 0 spiro atoms. The van der Waals surface area contributed by atoms with Crippen LogP contribution in [0.2, 0.25) is 0 Å². The lowest BCUT2D eigenvalue weighted by atomic mass is 10.1. The van der Waals surface area contributed by atoms with Crippen molar-refractivity contribution >= 4 is 33.3 Å². The third kappa shape index (κ3) is 2.61. The lowest BCUT2D eigenvalue weighted by Crippen LogP contribution is -1.87. The summed E-state index contributed by atoms with van der Waals surface area (Å²) in [4.78, 5) is 22.2. The number of aromatic amines is 2. The summed E-state index contributed by atoms with van der Waals surface area (Å²) in [5, 5.41) is 10.6. The lowest BCUT2D eigenvalue weighted by molar-refractivity contribution is 1.10.